The molecule has 0 saturated heterocycles. The van der Waals surface area contributed by atoms with E-state index in [-0.39, 0.29) is 5.92 Å². The van der Waals surface area contributed by atoms with Crippen LogP contribution in [0.4, 0.5) is 0 Å². The number of hydrogen-bond donors (Lipinski definition) is 1. The van der Waals surface area contributed by atoms with Gasteiger partial charge in [-0.3, -0.25) is 0 Å². The zero-order chi connectivity index (χ0) is 11.5. The maximum atomic E-state index is 4.11. The van der Waals surface area contributed by atoms with Crippen LogP contribution < -0.4 is 0 Å². The first-order chi connectivity index (χ1) is 7.70. The maximum Gasteiger partial charge on any atom is 0.182 e. The number of aromatic amines is 1. The van der Waals surface area contributed by atoms with Crippen molar-refractivity contribution in [2.75, 3.05) is 0 Å². The van der Waals surface area contributed by atoms with E-state index in [9.17, 15) is 0 Å². The summed E-state index contributed by atoms with van der Waals surface area (Å²) < 4.78 is 0. The van der Waals surface area contributed by atoms with E-state index in [2.05, 4.69) is 59.6 Å². The van der Waals surface area contributed by atoms with Gasteiger partial charge in [0.2, 0.25) is 0 Å². The Morgan fingerprint density at radius 2 is 1.94 bits per heavy atom. The molecule has 1 unspecified atom stereocenters. The Kier molecular flexibility index (Phi) is 2.99. The van der Waals surface area contributed by atoms with Gasteiger partial charge in [0.15, 0.2) is 5.82 Å². The summed E-state index contributed by atoms with van der Waals surface area (Å²) in [7, 11) is 0. The van der Waals surface area contributed by atoms with E-state index < -0.39 is 0 Å². The van der Waals surface area contributed by atoms with Gasteiger partial charge in [0.1, 0.15) is 0 Å². The highest BCUT2D eigenvalue weighted by Crippen LogP contribution is 2.30. The first-order valence-electron chi connectivity index (χ1n) is 5.49. The fraction of sp³-hybridized carbons (Fsp3) is 0.417. The standard InChI is InChI=1S/C12H16N4/c1-8(2)11(12-13-15-16-14-12)10-7-5-4-6-9(10)3/h4-8,11H,1-3H3,(H,13,14,15,16). The minimum absolute atomic E-state index is 0.208. The molecule has 0 saturated carbocycles. The van der Waals surface area contributed by atoms with Gasteiger partial charge in [0.25, 0.3) is 0 Å². The van der Waals surface area contributed by atoms with E-state index in [0.717, 1.165) is 5.82 Å². The predicted octanol–water partition coefficient (Wildman–Crippen LogP) is 2.30. The van der Waals surface area contributed by atoms with Gasteiger partial charge in [-0.25, -0.2) is 0 Å². The lowest BCUT2D eigenvalue weighted by Gasteiger charge is -2.19. The molecule has 0 aliphatic rings. The van der Waals surface area contributed by atoms with Crippen molar-refractivity contribution in [3.63, 3.8) is 0 Å². The zero-order valence-electron chi connectivity index (χ0n) is 9.81. The molecular weight excluding hydrogens is 200 g/mol. The average Bonchev–Trinajstić information content (AvgIpc) is 2.74. The summed E-state index contributed by atoms with van der Waals surface area (Å²) >= 11 is 0. The van der Waals surface area contributed by atoms with Crippen LogP contribution in [-0.4, -0.2) is 20.6 Å². The first kappa shape index (κ1) is 10.8. The largest absolute Gasteiger partial charge is 0.182 e. The molecule has 4 nitrogen and oxygen atoms in total. The van der Waals surface area contributed by atoms with Crippen molar-refractivity contribution >= 4 is 0 Å². The average molecular weight is 216 g/mol. The summed E-state index contributed by atoms with van der Waals surface area (Å²) in [6.45, 7) is 6.46. The number of aromatic nitrogens is 4. The van der Waals surface area contributed by atoms with Gasteiger partial charge in [0, 0.05) is 0 Å². The van der Waals surface area contributed by atoms with Crippen LogP contribution in [-0.2, 0) is 0 Å². The Hall–Kier alpha value is -1.71. The van der Waals surface area contributed by atoms with Crippen molar-refractivity contribution in [2.45, 2.75) is 26.7 Å². The Balaban J connectivity index is 2.45. The molecule has 84 valence electrons. The second-order valence-electron chi connectivity index (χ2n) is 4.35. The summed E-state index contributed by atoms with van der Waals surface area (Å²) in [6.07, 6.45) is 0. The Morgan fingerprint density at radius 1 is 1.19 bits per heavy atom. The second-order valence-corrected chi connectivity index (χ2v) is 4.35. The fourth-order valence-electron chi connectivity index (χ4n) is 2.03. The van der Waals surface area contributed by atoms with Crippen LogP contribution in [0.5, 0.6) is 0 Å². The quantitative estimate of drug-likeness (QED) is 0.856. The third-order valence-electron chi connectivity index (χ3n) is 2.83. The molecule has 1 aromatic heterocycles. The number of H-pyrrole nitrogens is 1. The number of nitrogens with zero attached hydrogens (tertiary/aromatic N) is 3. The molecular formula is C12H16N4. The van der Waals surface area contributed by atoms with Crippen molar-refractivity contribution in [1.82, 2.24) is 20.6 Å². The van der Waals surface area contributed by atoms with Crippen LogP contribution in [0.3, 0.4) is 0 Å². The normalized spacial score (nSPS) is 13.0. The molecule has 0 amide bonds. The summed E-state index contributed by atoms with van der Waals surface area (Å²) in [4.78, 5) is 0. The van der Waals surface area contributed by atoms with Gasteiger partial charge in [-0.2, -0.15) is 5.21 Å². The van der Waals surface area contributed by atoms with Crippen LogP contribution in [0.15, 0.2) is 24.3 Å². The molecule has 0 fully saturated rings. The van der Waals surface area contributed by atoms with Gasteiger partial charge in [0.05, 0.1) is 5.92 Å². The molecule has 0 bridgehead atoms. The molecule has 0 spiro atoms. The van der Waals surface area contributed by atoms with E-state index in [0.29, 0.717) is 5.92 Å². The number of tetrazole rings is 1. The first-order valence-corrected chi connectivity index (χ1v) is 5.49. The molecule has 0 radical (unpaired) electrons. The Labute approximate surface area is 95.1 Å². The van der Waals surface area contributed by atoms with Crippen molar-refractivity contribution < 1.29 is 0 Å². The van der Waals surface area contributed by atoms with Crippen LogP contribution in [0.2, 0.25) is 0 Å². The van der Waals surface area contributed by atoms with Gasteiger partial charge >= 0.3 is 0 Å². The molecule has 0 aliphatic heterocycles. The smallest absolute Gasteiger partial charge is 0.177 e. The highest BCUT2D eigenvalue weighted by atomic mass is 15.5. The highest BCUT2D eigenvalue weighted by Gasteiger charge is 2.23. The van der Waals surface area contributed by atoms with Gasteiger partial charge in [-0.15, -0.1) is 10.2 Å². The molecule has 1 N–H and O–H groups in total. The Bertz CT molecular complexity index is 448. The highest BCUT2D eigenvalue weighted by molar-refractivity contribution is 5.33. The van der Waals surface area contributed by atoms with Crippen LogP contribution in [0.1, 0.15) is 36.7 Å². The molecule has 2 rings (SSSR count). The van der Waals surface area contributed by atoms with Crippen molar-refractivity contribution in [2.24, 2.45) is 5.92 Å². The number of aryl methyl sites for hydroxylation is 1. The number of benzene rings is 1. The zero-order valence-corrected chi connectivity index (χ0v) is 9.81. The summed E-state index contributed by atoms with van der Waals surface area (Å²) in [6, 6.07) is 8.35. The SMILES string of the molecule is Cc1ccccc1C(c1nn[nH]n1)C(C)C. The molecule has 1 heterocycles. The van der Waals surface area contributed by atoms with E-state index in [1.165, 1.54) is 11.1 Å². The summed E-state index contributed by atoms with van der Waals surface area (Å²) in [5, 5.41) is 14.4. The van der Waals surface area contributed by atoms with Crippen LogP contribution in [0.25, 0.3) is 0 Å². The van der Waals surface area contributed by atoms with Crippen molar-refractivity contribution in [3.8, 4) is 0 Å². The molecule has 1 atom stereocenters. The van der Waals surface area contributed by atoms with Crippen LogP contribution >= 0.6 is 0 Å². The molecule has 0 aliphatic carbocycles. The van der Waals surface area contributed by atoms with E-state index in [1.807, 2.05) is 6.07 Å². The van der Waals surface area contributed by atoms with Gasteiger partial charge in [-0.1, -0.05) is 43.3 Å². The lowest BCUT2D eigenvalue weighted by atomic mass is 9.85. The third-order valence-corrected chi connectivity index (χ3v) is 2.83. The number of hydrogen-bond acceptors (Lipinski definition) is 3. The van der Waals surface area contributed by atoms with E-state index >= 15 is 0 Å². The predicted molar refractivity (Wildman–Crippen MR) is 62.0 cm³/mol. The third kappa shape index (κ3) is 1.96. The minimum atomic E-state index is 0.208. The van der Waals surface area contributed by atoms with Gasteiger partial charge < -0.3 is 0 Å². The van der Waals surface area contributed by atoms with Crippen LogP contribution in [0, 0.1) is 12.8 Å². The summed E-state index contributed by atoms with van der Waals surface area (Å²) in [5.74, 6) is 1.42. The number of rotatable bonds is 3. The lowest BCUT2D eigenvalue weighted by Crippen LogP contribution is -2.12. The molecule has 16 heavy (non-hydrogen) atoms. The van der Waals surface area contributed by atoms with Crippen molar-refractivity contribution in [1.29, 1.82) is 0 Å². The molecule has 4 heteroatoms. The van der Waals surface area contributed by atoms with Crippen molar-refractivity contribution in [3.05, 3.63) is 41.2 Å². The fourth-order valence-corrected chi connectivity index (χ4v) is 2.03. The van der Waals surface area contributed by atoms with Gasteiger partial charge in [-0.05, 0) is 24.0 Å². The monoisotopic (exact) mass is 216 g/mol. The minimum Gasteiger partial charge on any atom is -0.177 e. The topological polar surface area (TPSA) is 54.5 Å². The Morgan fingerprint density at radius 3 is 2.50 bits per heavy atom. The number of nitrogens with one attached hydrogen (secondary N) is 1. The summed E-state index contributed by atoms with van der Waals surface area (Å²) in [5.41, 5.74) is 2.55. The molecule has 1 aromatic carbocycles. The lowest BCUT2D eigenvalue weighted by molar-refractivity contribution is 0.537. The van der Waals surface area contributed by atoms with E-state index in [1.54, 1.807) is 0 Å². The molecule has 2 aromatic rings. The maximum absolute atomic E-state index is 4.11. The second kappa shape index (κ2) is 4.43. The van der Waals surface area contributed by atoms with E-state index in [4.69, 9.17) is 0 Å².